The summed E-state index contributed by atoms with van der Waals surface area (Å²) >= 11 is 0. The van der Waals surface area contributed by atoms with Crippen LogP contribution in [0.15, 0.2) is 60.9 Å². The molecule has 0 radical (unpaired) electrons. The maximum Gasteiger partial charge on any atom is 0.256 e. The molecule has 1 atom stereocenters. The summed E-state index contributed by atoms with van der Waals surface area (Å²) in [5, 5.41) is 17.1. The largest absolute Gasteiger partial charge is 0.328 e. The molecule has 1 unspecified atom stereocenters. The highest BCUT2D eigenvalue weighted by Gasteiger charge is 2.34. The number of amides is 1. The van der Waals surface area contributed by atoms with Gasteiger partial charge in [0.15, 0.2) is 11.6 Å². The zero-order valence-corrected chi connectivity index (χ0v) is 16.6. The summed E-state index contributed by atoms with van der Waals surface area (Å²) in [6.07, 6.45) is 4.97. The summed E-state index contributed by atoms with van der Waals surface area (Å²) in [5.74, 6) is 1.37. The van der Waals surface area contributed by atoms with Gasteiger partial charge in [-0.25, -0.2) is 0 Å². The second-order valence-corrected chi connectivity index (χ2v) is 7.42. The van der Waals surface area contributed by atoms with E-state index in [0.717, 1.165) is 24.0 Å². The first-order chi connectivity index (χ1) is 14.7. The first kappa shape index (κ1) is 18.2. The van der Waals surface area contributed by atoms with Gasteiger partial charge in [0, 0.05) is 12.1 Å². The Morgan fingerprint density at radius 2 is 1.87 bits per heavy atom. The van der Waals surface area contributed by atoms with Crippen molar-refractivity contribution in [2.75, 3.05) is 6.54 Å². The highest BCUT2D eigenvalue weighted by molar-refractivity contribution is 5.98. The minimum atomic E-state index is -0.138. The van der Waals surface area contributed by atoms with Gasteiger partial charge in [0.2, 0.25) is 0 Å². The summed E-state index contributed by atoms with van der Waals surface area (Å²) in [5.41, 5.74) is 3.23. The van der Waals surface area contributed by atoms with Gasteiger partial charge in [0.05, 0.1) is 29.7 Å². The van der Waals surface area contributed by atoms with Crippen LogP contribution in [0.2, 0.25) is 0 Å². The standard InChI is InChI=1S/C22H21N7O/c1-15-9-10-18(29-23-11-12-24-29)17(14-15)22(30)28-13-5-8-19(28)21-25-20(26-27-21)16-6-3-2-4-7-16/h2-4,6-7,9-12,14,19H,5,8,13H2,1H3,(H,25,26,27). The summed E-state index contributed by atoms with van der Waals surface area (Å²) in [7, 11) is 0. The van der Waals surface area contributed by atoms with Crippen molar-refractivity contribution in [3.05, 3.63) is 77.9 Å². The van der Waals surface area contributed by atoms with E-state index in [9.17, 15) is 4.79 Å². The number of nitrogens with zero attached hydrogens (tertiary/aromatic N) is 6. The minimum Gasteiger partial charge on any atom is -0.328 e. The third-order valence-corrected chi connectivity index (χ3v) is 5.40. The van der Waals surface area contributed by atoms with E-state index in [0.29, 0.717) is 29.4 Å². The average molecular weight is 399 g/mol. The Kier molecular flexibility index (Phi) is 4.59. The molecular weight excluding hydrogens is 378 g/mol. The molecule has 5 rings (SSSR count). The molecule has 1 aliphatic heterocycles. The maximum atomic E-state index is 13.6. The van der Waals surface area contributed by atoms with Gasteiger partial charge in [-0.05, 0) is 31.9 Å². The SMILES string of the molecule is Cc1ccc(-n2nccn2)c(C(=O)N2CCCC2c2nnc(-c3ccccc3)[nH]2)c1. The molecule has 2 aromatic carbocycles. The summed E-state index contributed by atoms with van der Waals surface area (Å²) < 4.78 is 0. The van der Waals surface area contributed by atoms with Crippen LogP contribution in [-0.2, 0) is 0 Å². The lowest BCUT2D eigenvalue weighted by molar-refractivity contribution is 0.0729. The number of aromatic amines is 1. The fourth-order valence-corrected chi connectivity index (χ4v) is 3.94. The first-order valence-electron chi connectivity index (χ1n) is 9.97. The molecule has 1 aliphatic rings. The number of carbonyl (C=O) groups is 1. The number of aromatic nitrogens is 6. The van der Waals surface area contributed by atoms with Gasteiger partial charge in [0.25, 0.3) is 5.91 Å². The Morgan fingerprint density at radius 3 is 2.67 bits per heavy atom. The molecule has 0 saturated carbocycles. The normalized spacial score (nSPS) is 16.2. The third kappa shape index (κ3) is 3.26. The van der Waals surface area contributed by atoms with Crippen molar-refractivity contribution in [2.45, 2.75) is 25.8 Å². The van der Waals surface area contributed by atoms with Crippen LogP contribution in [-0.4, -0.2) is 47.5 Å². The fourth-order valence-electron chi connectivity index (χ4n) is 3.94. The molecule has 30 heavy (non-hydrogen) atoms. The van der Waals surface area contributed by atoms with Gasteiger partial charge < -0.3 is 9.88 Å². The molecule has 8 heteroatoms. The number of likely N-dealkylation sites (tertiary alicyclic amines) is 1. The molecule has 1 amide bonds. The molecule has 0 spiro atoms. The molecule has 2 aromatic heterocycles. The molecule has 1 N–H and O–H groups in total. The summed E-state index contributed by atoms with van der Waals surface area (Å²) in [4.78, 5) is 20.2. The van der Waals surface area contributed by atoms with Crippen molar-refractivity contribution in [3.63, 3.8) is 0 Å². The van der Waals surface area contributed by atoms with E-state index in [4.69, 9.17) is 0 Å². The molecule has 1 saturated heterocycles. The average Bonchev–Trinajstić information content (AvgIpc) is 3.55. The van der Waals surface area contributed by atoms with E-state index < -0.39 is 0 Å². The van der Waals surface area contributed by atoms with E-state index in [2.05, 4.69) is 25.4 Å². The van der Waals surface area contributed by atoms with Crippen molar-refractivity contribution >= 4 is 5.91 Å². The third-order valence-electron chi connectivity index (χ3n) is 5.40. The predicted octanol–water partition coefficient (Wildman–Crippen LogP) is 3.34. The maximum absolute atomic E-state index is 13.6. The smallest absolute Gasteiger partial charge is 0.256 e. The Morgan fingerprint density at radius 1 is 1.07 bits per heavy atom. The van der Waals surface area contributed by atoms with Crippen molar-refractivity contribution in [2.24, 2.45) is 0 Å². The van der Waals surface area contributed by atoms with Crippen LogP contribution in [0.1, 0.15) is 40.6 Å². The van der Waals surface area contributed by atoms with Crippen molar-refractivity contribution in [3.8, 4) is 17.1 Å². The Labute approximate surface area is 173 Å². The van der Waals surface area contributed by atoms with Crippen LogP contribution >= 0.6 is 0 Å². The molecule has 4 aromatic rings. The summed E-state index contributed by atoms with van der Waals surface area (Å²) in [6, 6.07) is 15.5. The van der Waals surface area contributed by atoms with Crippen LogP contribution in [0.3, 0.4) is 0 Å². The van der Waals surface area contributed by atoms with Crippen LogP contribution in [0.25, 0.3) is 17.1 Å². The number of aryl methyl sites for hydroxylation is 1. The molecule has 1 fully saturated rings. The number of benzene rings is 2. The molecule has 3 heterocycles. The molecule has 0 aliphatic carbocycles. The number of hydrogen-bond acceptors (Lipinski definition) is 5. The number of carbonyl (C=O) groups excluding carboxylic acids is 1. The lowest BCUT2D eigenvalue weighted by Crippen LogP contribution is -2.32. The van der Waals surface area contributed by atoms with Gasteiger partial charge in [-0.2, -0.15) is 15.0 Å². The highest BCUT2D eigenvalue weighted by Crippen LogP contribution is 2.33. The lowest BCUT2D eigenvalue weighted by atomic mass is 10.1. The van der Waals surface area contributed by atoms with Gasteiger partial charge >= 0.3 is 0 Å². The number of H-pyrrole nitrogens is 1. The van der Waals surface area contributed by atoms with Gasteiger partial charge in [0.1, 0.15) is 0 Å². The molecular formula is C22H21N7O. The van der Waals surface area contributed by atoms with E-state index in [1.807, 2.05) is 60.4 Å². The second-order valence-electron chi connectivity index (χ2n) is 7.42. The predicted molar refractivity (Wildman–Crippen MR) is 111 cm³/mol. The molecule has 0 bridgehead atoms. The monoisotopic (exact) mass is 399 g/mol. The Hall–Kier alpha value is -3.81. The van der Waals surface area contributed by atoms with E-state index in [1.165, 1.54) is 4.80 Å². The van der Waals surface area contributed by atoms with E-state index in [1.54, 1.807) is 12.4 Å². The Bertz CT molecular complexity index is 1170. The van der Waals surface area contributed by atoms with Crippen LogP contribution in [0.4, 0.5) is 0 Å². The first-order valence-corrected chi connectivity index (χ1v) is 9.97. The number of nitrogens with one attached hydrogen (secondary N) is 1. The van der Waals surface area contributed by atoms with Gasteiger partial charge in [-0.1, -0.05) is 42.0 Å². The molecule has 8 nitrogen and oxygen atoms in total. The second kappa shape index (κ2) is 7.55. The van der Waals surface area contributed by atoms with E-state index >= 15 is 0 Å². The topological polar surface area (TPSA) is 92.6 Å². The zero-order valence-electron chi connectivity index (χ0n) is 16.6. The quantitative estimate of drug-likeness (QED) is 0.568. The van der Waals surface area contributed by atoms with Gasteiger partial charge in [-0.3, -0.25) is 4.79 Å². The van der Waals surface area contributed by atoms with Gasteiger partial charge in [-0.15, -0.1) is 10.2 Å². The number of hydrogen-bond donors (Lipinski definition) is 1. The lowest BCUT2D eigenvalue weighted by Gasteiger charge is -2.24. The number of rotatable bonds is 4. The Balaban J connectivity index is 1.47. The zero-order chi connectivity index (χ0) is 20.5. The fraction of sp³-hybridized carbons (Fsp3) is 0.227. The van der Waals surface area contributed by atoms with Crippen molar-refractivity contribution < 1.29 is 4.79 Å². The van der Waals surface area contributed by atoms with Crippen molar-refractivity contribution in [1.29, 1.82) is 0 Å². The van der Waals surface area contributed by atoms with E-state index in [-0.39, 0.29) is 11.9 Å². The van der Waals surface area contributed by atoms with Crippen LogP contribution in [0.5, 0.6) is 0 Å². The van der Waals surface area contributed by atoms with Crippen molar-refractivity contribution in [1.82, 2.24) is 35.1 Å². The highest BCUT2D eigenvalue weighted by atomic mass is 16.2. The van der Waals surface area contributed by atoms with Crippen LogP contribution in [0, 0.1) is 6.92 Å². The summed E-state index contributed by atoms with van der Waals surface area (Å²) in [6.45, 7) is 2.64. The minimum absolute atomic E-state index is 0.0499. The van der Waals surface area contributed by atoms with Crippen LogP contribution < -0.4 is 0 Å². The molecule has 150 valence electrons.